The Hall–Kier alpha value is -7.10. The molecule has 25 heteroatoms. The number of aromatic amines is 1. The number of halogens is 3. The standard InChI is InChI=1S/C61H78F3N11O10S/c1-40-55(86-39-68-40)43-11-9-41(10-12-43)33-67-58(81)51-31-46(76)36-75(51)59(82)56(60(2,3)4)70-54(79)38-85-28-26-83-25-27-84-37-53(78)65-15-16-72-19-21-73(22-20-72)35-42-7-6-8-44(29-42)45-13-14-50(74-23-17-71(5)18-24-74)49(30-45)69-57(80)47-34-66-52(77)32-48(47)61(62,63)64/h6-14,29-30,32,34,39,46,51,56,76H,15-28,31,33,35-38H2,1-5H3,(H,65,78)(H,66,77)(H,67,81)(H,69,80)(H,70,79)/t46-,51+,56?/m1/s1. The van der Waals surface area contributed by atoms with E-state index in [0.29, 0.717) is 50.2 Å². The number of hydrogen-bond acceptors (Lipinski definition) is 16. The Morgan fingerprint density at radius 2 is 1.45 bits per heavy atom. The summed E-state index contributed by atoms with van der Waals surface area (Å²) in [5.41, 5.74) is 4.71. The van der Waals surface area contributed by atoms with Gasteiger partial charge in [0.2, 0.25) is 29.2 Å². The van der Waals surface area contributed by atoms with Gasteiger partial charge in [0.1, 0.15) is 25.3 Å². The molecule has 464 valence electrons. The molecule has 3 aliphatic heterocycles. The Balaban J connectivity index is 0.691. The van der Waals surface area contributed by atoms with E-state index in [4.69, 9.17) is 14.2 Å². The molecule has 5 amide bonds. The minimum atomic E-state index is -4.91. The summed E-state index contributed by atoms with van der Waals surface area (Å²) in [5, 5.41) is 21.9. The van der Waals surface area contributed by atoms with Crippen LogP contribution in [-0.2, 0) is 52.7 Å². The smallest absolute Gasteiger partial charge is 0.391 e. The first-order chi connectivity index (χ1) is 41.1. The van der Waals surface area contributed by atoms with Gasteiger partial charge < -0.3 is 60.3 Å². The van der Waals surface area contributed by atoms with Crippen LogP contribution in [0, 0.1) is 12.3 Å². The number of carbonyl (C=O) groups is 5. The van der Waals surface area contributed by atoms with Gasteiger partial charge in [-0.25, -0.2) is 4.98 Å². The molecule has 8 rings (SSSR count). The van der Waals surface area contributed by atoms with Crippen LogP contribution in [0.4, 0.5) is 24.5 Å². The Bertz CT molecular complexity index is 3180. The second-order valence-corrected chi connectivity index (χ2v) is 23.8. The number of likely N-dealkylation sites (tertiary alicyclic amines) is 1. The highest BCUT2D eigenvalue weighted by atomic mass is 32.1. The van der Waals surface area contributed by atoms with Gasteiger partial charge in [0.15, 0.2) is 0 Å². The first kappa shape index (κ1) is 64.9. The van der Waals surface area contributed by atoms with E-state index in [1.807, 2.05) is 68.6 Å². The average Bonchev–Trinajstić information content (AvgIpc) is 3.83. The van der Waals surface area contributed by atoms with Gasteiger partial charge in [0.25, 0.3) is 5.91 Å². The van der Waals surface area contributed by atoms with Gasteiger partial charge in [-0.1, -0.05) is 69.3 Å². The molecule has 3 aromatic carbocycles. The number of piperazine rings is 2. The first-order valence-electron chi connectivity index (χ1n) is 28.9. The van der Waals surface area contributed by atoms with Crippen molar-refractivity contribution in [3.05, 3.63) is 123 Å². The fourth-order valence-corrected chi connectivity index (χ4v) is 11.4. The molecule has 0 aliphatic carbocycles. The molecule has 2 aromatic heterocycles. The average molecular weight is 1210 g/mol. The molecule has 21 nitrogen and oxygen atoms in total. The number of aliphatic hydroxyl groups is 1. The molecule has 3 aliphatic rings. The number of likely N-dealkylation sites (N-methyl/N-ethyl adjacent to an activating group) is 1. The SMILES string of the molecule is Cc1ncsc1-c1ccc(CNC(=O)[C@@H]2C[C@@H](O)CN2C(=O)C(NC(=O)COCCOCCOCC(=O)NCCN2CCN(Cc3cccc(-c4ccc(N5CCN(C)CC5)c(NC(=O)c5c[nH]c(=O)cc5C(F)(F)F)c4)c3)CC2)C(C)(C)C)cc1. The van der Waals surface area contributed by atoms with Gasteiger partial charge in [0, 0.05) is 104 Å². The minimum absolute atomic E-state index is 0.0457. The zero-order valence-corrected chi connectivity index (χ0v) is 50.1. The predicted octanol–water partition coefficient (Wildman–Crippen LogP) is 4.59. The van der Waals surface area contributed by atoms with Crippen LogP contribution in [0.25, 0.3) is 21.6 Å². The number of rotatable bonds is 25. The van der Waals surface area contributed by atoms with E-state index in [-0.39, 0.29) is 65.1 Å². The van der Waals surface area contributed by atoms with Crippen LogP contribution in [0.5, 0.6) is 0 Å². The highest BCUT2D eigenvalue weighted by Gasteiger charge is 2.44. The molecule has 3 atom stereocenters. The Morgan fingerprint density at radius 1 is 0.791 bits per heavy atom. The van der Waals surface area contributed by atoms with E-state index >= 15 is 0 Å². The van der Waals surface area contributed by atoms with E-state index in [9.17, 15) is 47.0 Å². The molecule has 3 fully saturated rings. The monoisotopic (exact) mass is 1210 g/mol. The van der Waals surface area contributed by atoms with Crippen molar-refractivity contribution in [2.75, 3.05) is 129 Å². The van der Waals surface area contributed by atoms with E-state index < -0.39 is 70.1 Å². The number of nitrogens with zero attached hydrogens (tertiary/aromatic N) is 6. The molecule has 0 saturated carbocycles. The van der Waals surface area contributed by atoms with E-state index in [0.717, 1.165) is 83.9 Å². The third-order valence-corrected chi connectivity index (χ3v) is 16.3. The number of benzene rings is 3. The number of hydrogen-bond donors (Lipinski definition) is 6. The van der Waals surface area contributed by atoms with Crippen molar-refractivity contribution in [2.24, 2.45) is 5.41 Å². The van der Waals surface area contributed by atoms with Gasteiger partial charge in [-0.15, -0.1) is 11.3 Å². The largest absolute Gasteiger partial charge is 0.417 e. The van der Waals surface area contributed by atoms with Crippen LogP contribution in [0.15, 0.2) is 89.3 Å². The van der Waals surface area contributed by atoms with Crippen LogP contribution in [0.2, 0.25) is 0 Å². The summed E-state index contributed by atoms with van der Waals surface area (Å²) < 4.78 is 58.4. The van der Waals surface area contributed by atoms with E-state index in [1.54, 1.807) is 43.7 Å². The Morgan fingerprint density at radius 3 is 2.13 bits per heavy atom. The lowest BCUT2D eigenvalue weighted by molar-refractivity contribution is -0.144. The molecular weight excluding hydrogens is 1140 g/mol. The lowest BCUT2D eigenvalue weighted by Gasteiger charge is -2.35. The van der Waals surface area contributed by atoms with Crippen molar-refractivity contribution in [1.29, 1.82) is 0 Å². The molecule has 0 bridgehead atoms. The van der Waals surface area contributed by atoms with Crippen LogP contribution < -0.4 is 31.7 Å². The highest BCUT2D eigenvalue weighted by molar-refractivity contribution is 7.13. The number of aryl methyl sites for hydroxylation is 1. The highest BCUT2D eigenvalue weighted by Crippen LogP contribution is 2.36. The topological polar surface area (TPSA) is 243 Å². The van der Waals surface area contributed by atoms with E-state index in [2.05, 4.69) is 56.9 Å². The first-order valence-corrected chi connectivity index (χ1v) is 29.8. The number of β-amino-alcohol motifs (C(OH)–C–C–N with tert-alkyl or cyclic N) is 1. The second kappa shape index (κ2) is 30.0. The number of thiazole rings is 1. The summed E-state index contributed by atoms with van der Waals surface area (Å²) in [7, 11) is 2.01. The van der Waals surface area contributed by atoms with Crippen molar-refractivity contribution in [1.82, 2.24) is 45.5 Å². The molecule has 5 heterocycles. The van der Waals surface area contributed by atoms with Gasteiger partial charge in [-0.2, -0.15) is 13.2 Å². The van der Waals surface area contributed by atoms with Gasteiger partial charge >= 0.3 is 6.18 Å². The fraction of sp³-hybridized carbons (Fsp3) is 0.492. The summed E-state index contributed by atoms with van der Waals surface area (Å²) in [6, 6.07) is 19.9. The number of amides is 5. The van der Waals surface area contributed by atoms with E-state index in [1.165, 1.54) is 4.90 Å². The van der Waals surface area contributed by atoms with Crippen molar-refractivity contribution in [2.45, 2.75) is 71.6 Å². The Kier molecular flexibility index (Phi) is 22.6. The number of H-pyrrole nitrogens is 1. The molecule has 0 spiro atoms. The number of pyridine rings is 1. The maximum absolute atomic E-state index is 14.0. The predicted molar refractivity (Wildman–Crippen MR) is 320 cm³/mol. The minimum Gasteiger partial charge on any atom is -0.391 e. The number of nitrogens with one attached hydrogen (secondary N) is 5. The lowest BCUT2D eigenvalue weighted by atomic mass is 9.85. The number of ether oxygens (including phenoxy) is 3. The maximum Gasteiger partial charge on any atom is 0.417 e. The van der Waals surface area contributed by atoms with Crippen molar-refractivity contribution in [3.63, 3.8) is 0 Å². The maximum atomic E-state index is 14.0. The van der Waals surface area contributed by atoms with Gasteiger partial charge in [-0.3, -0.25) is 38.6 Å². The van der Waals surface area contributed by atoms with Gasteiger partial charge in [-0.05, 0) is 65.4 Å². The molecule has 6 N–H and O–H groups in total. The number of alkyl halides is 3. The zero-order valence-electron chi connectivity index (χ0n) is 49.3. The van der Waals surface area contributed by atoms with Crippen LogP contribution in [0.3, 0.4) is 0 Å². The summed E-state index contributed by atoms with van der Waals surface area (Å²) in [4.78, 5) is 96.2. The molecule has 0 radical (unpaired) electrons. The number of aromatic nitrogens is 2. The molecule has 86 heavy (non-hydrogen) atoms. The number of anilines is 2. The second-order valence-electron chi connectivity index (χ2n) is 22.9. The third kappa shape index (κ3) is 18.2. The summed E-state index contributed by atoms with van der Waals surface area (Å²) in [6.45, 7) is 15.6. The fourth-order valence-electron chi connectivity index (χ4n) is 10.6. The summed E-state index contributed by atoms with van der Waals surface area (Å²) in [5.74, 6) is -2.64. The van der Waals surface area contributed by atoms with Crippen molar-refractivity contribution < 1.29 is 56.5 Å². The van der Waals surface area contributed by atoms with Crippen LogP contribution in [0.1, 0.15) is 59.9 Å². The van der Waals surface area contributed by atoms with Gasteiger partial charge in [0.05, 0.1) is 71.1 Å². The summed E-state index contributed by atoms with van der Waals surface area (Å²) in [6.07, 6.45) is -4.95. The lowest BCUT2D eigenvalue weighted by Crippen LogP contribution is -2.58. The van der Waals surface area contributed by atoms with Crippen molar-refractivity contribution >= 4 is 52.2 Å². The third-order valence-electron chi connectivity index (χ3n) is 15.4. The normalized spacial score (nSPS) is 17.5. The molecular formula is C61H78F3N11O10S. The van der Waals surface area contributed by atoms with Crippen LogP contribution >= 0.6 is 11.3 Å². The number of aliphatic hydroxyl groups excluding tert-OH is 1. The van der Waals surface area contributed by atoms with Crippen LogP contribution in [-0.4, -0.2) is 201 Å². The zero-order chi connectivity index (χ0) is 61.5. The summed E-state index contributed by atoms with van der Waals surface area (Å²) >= 11 is 1.56. The Labute approximate surface area is 502 Å². The molecule has 1 unspecified atom stereocenters. The quantitative estimate of drug-likeness (QED) is 0.0438. The number of carbonyl (C=O) groups excluding carboxylic acids is 5. The van der Waals surface area contributed by atoms with Crippen molar-refractivity contribution in [3.8, 4) is 21.6 Å². The molecule has 5 aromatic rings. The molecule has 3 saturated heterocycles.